The third kappa shape index (κ3) is 3.88. The largest absolute Gasteiger partial charge is 0.491 e. The highest BCUT2D eigenvalue weighted by Crippen LogP contribution is 2.24. The number of amides is 1. The van der Waals surface area contributed by atoms with Crippen molar-refractivity contribution in [2.75, 3.05) is 13.2 Å². The maximum absolute atomic E-state index is 13.5. The van der Waals surface area contributed by atoms with Crippen molar-refractivity contribution in [3.8, 4) is 5.75 Å². The van der Waals surface area contributed by atoms with Gasteiger partial charge in [-0.25, -0.2) is 13.2 Å². The van der Waals surface area contributed by atoms with Crippen LogP contribution >= 0.6 is 0 Å². The normalized spacial score (nSPS) is 10.6. The number of carbonyl (C=O) groups is 1. The first kappa shape index (κ1) is 17.8. The maximum Gasteiger partial charge on any atom is 0.254 e. The van der Waals surface area contributed by atoms with Gasteiger partial charge in [-0.3, -0.25) is 4.79 Å². The second kappa shape index (κ2) is 7.38. The van der Waals surface area contributed by atoms with E-state index in [2.05, 4.69) is 5.32 Å². The van der Waals surface area contributed by atoms with Gasteiger partial charge in [0.15, 0.2) is 17.5 Å². The first-order valence-corrected chi connectivity index (χ1v) is 7.43. The van der Waals surface area contributed by atoms with Crippen LogP contribution in [0.15, 0.2) is 24.3 Å². The average molecular weight is 337 g/mol. The molecule has 0 aliphatic heterocycles. The van der Waals surface area contributed by atoms with Gasteiger partial charge in [-0.1, -0.05) is 17.7 Å². The highest BCUT2D eigenvalue weighted by atomic mass is 19.2. The molecule has 0 aromatic heterocycles. The smallest absolute Gasteiger partial charge is 0.254 e. The number of ether oxygens (including phenoxy) is 1. The lowest BCUT2D eigenvalue weighted by Crippen LogP contribution is -2.29. The third-order valence-corrected chi connectivity index (χ3v) is 3.52. The number of carbonyl (C=O) groups excluding carboxylic acids is 1. The first-order valence-electron chi connectivity index (χ1n) is 7.43. The summed E-state index contributed by atoms with van der Waals surface area (Å²) in [6.07, 6.45) is 0. The van der Waals surface area contributed by atoms with Crippen LogP contribution in [0.5, 0.6) is 5.75 Å². The van der Waals surface area contributed by atoms with Gasteiger partial charge in [-0.15, -0.1) is 0 Å². The molecule has 6 heteroatoms. The fourth-order valence-corrected chi connectivity index (χ4v) is 2.51. The van der Waals surface area contributed by atoms with Gasteiger partial charge in [0.05, 0.1) is 12.1 Å². The van der Waals surface area contributed by atoms with Crippen molar-refractivity contribution in [3.05, 3.63) is 64.0 Å². The van der Waals surface area contributed by atoms with E-state index in [4.69, 9.17) is 4.74 Å². The van der Waals surface area contributed by atoms with Crippen LogP contribution in [0.1, 0.15) is 27.0 Å². The maximum atomic E-state index is 13.5. The lowest BCUT2D eigenvalue weighted by molar-refractivity contribution is 0.0941. The van der Waals surface area contributed by atoms with E-state index in [-0.39, 0.29) is 13.2 Å². The van der Waals surface area contributed by atoms with Crippen LogP contribution in [-0.2, 0) is 0 Å². The number of benzene rings is 2. The summed E-state index contributed by atoms with van der Waals surface area (Å²) in [5, 5.41) is 2.41. The average Bonchev–Trinajstić information content (AvgIpc) is 2.50. The van der Waals surface area contributed by atoms with E-state index in [0.717, 1.165) is 28.5 Å². The molecule has 2 rings (SSSR count). The summed E-state index contributed by atoms with van der Waals surface area (Å²) in [6, 6.07) is 5.58. The Labute approximate surface area is 138 Å². The van der Waals surface area contributed by atoms with Gasteiger partial charge in [0.25, 0.3) is 5.91 Å². The van der Waals surface area contributed by atoms with Crippen molar-refractivity contribution in [2.24, 2.45) is 0 Å². The van der Waals surface area contributed by atoms with Gasteiger partial charge in [0.1, 0.15) is 12.4 Å². The minimum atomic E-state index is -1.66. The van der Waals surface area contributed by atoms with Crippen LogP contribution in [0.2, 0.25) is 0 Å². The minimum absolute atomic E-state index is 0.101. The number of rotatable bonds is 5. The number of hydrogen-bond donors (Lipinski definition) is 1. The molecule has 1 N–H and O–H groups in total. The molecule has 0 aliphatic carbocycles. The first-order chi connectivity index (χ1) is 11.3. The number of halogens is 3. The molecular formula is C18H18F3NO2. The number of nitrogens with one attached hydrogen (secondary N) is 1. The minimum Gasteiger partial charge on any atom is -0.491 e. The van der Waals surface area contributed by atoms with E-state index < -0.39 is 28.9 Å². The summed E-state index contributed by atoms with van der Waals surface area (Å²) in [5.74, 6) is -4.60. The Morgan fingerprint density at radius 3 is 2.29 bits per heavy atom. The number of aryl methyl sites for hydroxylation is 3. The third-order valence-electron chi connectivity index (χ3n) is 3.52. The van der Waals surface area contributed by atoms with Crippen LogP contribution in [-0.4, -0.2) is 19.1 Å². The molecule has 0 heterocycles. The fourth-order valence-electron chi connectivity index (χ4n) is 2.51. The molecule has 1 amide bonds. The van der Waals surface area contributed by atoms with E-state index in [9.17, 15) is 18.0 Å². The second-order valence-corrected chi connectivity index (χ2v) is 5.56. The van der Waals surface area contributed by atoms with Crippen molar-refractivity contribution in [2.45, 2.75) is 20.8 Å². The monoisotopic (exact) mass is 337 g/mol. The van der Waals surface area contributed by atoms with Crippen molar-refractivity contribution >= 4 is 5.91 Å². The Kier molecular flexibility index (Phi) is 5.49. The molecule has 0 spiro atoms. The van der Waals surface area contributed by atoms with Crippen molar-refractivity contribution < 1.29 is 22.7 Å². The van der Waals surface area contributed by atoms with Crippen LogP contribution in [0.3, 0.4) is 0 Å². The molecule has 2 aromatic carbocycles. The molecular weight excluding hydrogens is 319 g/mol. The van der Waals surface area contributed by atoms with E-state index >= 15 is 0 Å². The molecule has 128 valence electrons. The molecule has 3 nitrogen and oxygen atoms in total. The van der Waals surface area contributed by atoms with Gasteiger partial charge < -0.3 is 10.1 Å². The summed E-state index contributed by atoms with van der Waals surface area (Å²) in [6.45, 7) is 6.10. The molecule has 0 saturated heterocycles. The lowest BCUT2D eigenvalue weighted by Gasteiger charge is -2.13. The van der Waals surface area contributed by atoms with E-state index in [1.54, 1.807) is 0 Å². The highest BCUT2D eigenvalue weighted by Gasteiger charge is 2.18. The van der Waals surface area contributed by atoms with Crippen LogP contribution in [0.4, 0.5) is 13.2 Å². The van der Waals surface area contributed by atoms with E-state index in [0.29, 0.717) is 6.07 Å². The zero-order chi connectivity index (χ0) is 17.9. The molecule has 2 aromatic rings. The topological polar surface area (TPSA) is 38.3 Å². The highest BCUT2D eigenvalue weighted by molar-refractivity contribution is 5.94. The Hall–Kier alpha value is -2.50. The van der Waals surface area contributed by atoms with Gasteiger partial charge in [0.2, 0.25) is 0 Å². The molecule has 0 aliphatic rings. The molecule has 0 fully saturated rings. The van der Waals surface area contributed by atoms with Crippen molar-refractivity contribution in [3.63, 3.8) is 0 Å². The Balaban J connectivity index is 1.94. The van der Waals surface area contributed by atoms with Crippen LogP contribution < -0.4 is 10.1 Å². The van der Waals surface area contributed by atoms with Gasteiger partial charge >= 0.3 is 0 Å². The van der Waals surface area contributed by atoms with Gasteiger partial charge in [-0.2, -0.15) is 0 Å². The zero-order valence-electron chi connectivity index (χ0n) is 13.7. The van der Waals surface area contributed by atoms with Crippen molar-refractivity contribution in [1.29, 1.82) is 0 Å². The summed E-state index contributed by atoms with van der Waals surface area (Å²) >= 11 is 0. The lowest BCUT2D eigenvalue weighted by atomic mass is 10.1. The fraction of sp³-hybridized carbons (Fsp3) is 0.278. The van der Waals surface area contributed by atoms with Crippen molar-refractivity contribution in [1.82, 2.24) is 5.32 Å². The van der Waals surface area contributed by atoms with Crippen LogP contribution in [0.25, 0.3) is 0 Å². The zero-order valence-corrected chi connectivity index (χ0v) is 13.7. The number of hydrogen-bond acceptors (Lipinski definition) is 2. The molecule has 24 heavy (non-hydrogen) atoms. The molecule has 0 unspecified atom stereocenters. The van der Waals surface area contributed by atoms with E-state index in [1.807, 2.05) is 32.9 Å². The van der Waals surface area contributed by atoms with Gasteiger partial charge in [0, 0.05) is 0 Å². The Bertz CT molecular complexity index is 752. The quantitative estimate of drug-likeness (QED) is 0.665. The second-order valence-electron chi connectivity index (χ2n) is 5.56. The summed E-state index contributed by atoms with van der Waals surface area (Å²) in [5.41, 5.74) is 2.53. The summed E-state index contributed by atoms with van der Waals surface area (Å²) < 4.78 is 45.1. The molecule has 0 saturated carbocycles. The molecule has 0 radical (unpaired) electrons. The van der Waals surface area contributed by atoms with E-state index in [1.165, 1.54) is 0 Å². The van der Waals surface area contributed by atoms with Crippen LogP contribution in [0, 0.1) is 38.2 Å². The Morgan fingerprint density at radius 2 is 1.67 bits per heavy atom. The summed E-state index contributed by atoms with van der Waals surface area (Å²) in [7, 11) is 0. The SMILES string of the molecule is Cc1cc(C)c(OCCNC(=O)c2ccc(F)c(F)c2F)c(C)c1. The predicted molar refractivity (Wildman–Crippen MR) is 84.8 cm³/mol. The van der Waals surface area contributed by atoms with Gasteiger partial charge in [-0.05, 0) is 44.0 Å². The molecule has 0 atom stereocenters. The summed E-state index contributed by atoms with van der Waals surface area (Å²) in [4.78, 5) is 11.8. The standard InChI is InChI=1S/C18H18F3NO2/c1-10-8-11(2)17(12(3)9-10)24-7-6-22-18(23)13-4-5-14(19)16(21)15(13)20/h4-5,8-9H,6-7H2,1-3H3,(H,22,23). The predicted octanol–water partition coefficient (Wildman–Crippen LogP) is 3.84. The Morgan fingerprint density at radius 1 is 1.04 bits per heavy atom. The molecule has 0 bridgehead atoms.